The van der Waals surface area contributed by atoms with Crippen molar-refractivity contribution in [2.75, 3.05) is 0 Å². The minimum absolute atomic E-state index is 0.408. The Morgan fingerprint density at radius 2 is 1.67 bits per heavy atom. The average Bonchev–Trinajstić information content (AvgIpc) is 2.46. The van der Waals surface area contributed by atoms with Crippen LogP contribution in [-0.4, -0.2) is 15.0 Å². The van der Waals surface area contributed by atoms with Gasteiger partial charge in [0.05, 0.1) is 5.52 Å². The molecule has 2 aromatic heterocycles. The van der Waals surface area contributed by atoms with Crippen LogP contribution in [-0.2, 0) is 6.42 Å². The van der Waals surface area contributed by atoms with Crippen LogP contribution < -0.4 is 0 Å². The molecule has 0 bridgehead atoms. The number of aromatic nitrogens is 3. The third kappa shape index (κ3) is 2.59. The first kappa shape index (κ1) is 14.2. The quantitative estimate of drug-likeness (QED) is 0.633. The normalized spacial score (nSPS) is 11.0. The van der Waals surface area contributed by atoms with Crippen LogP contribution in [0.3, 0.4) is 0 Å². The summed E-state index contributed by atoms with van der Waals surface area (Å²) in [6, 6.07) is 9.84. The van der Waals surface area contributed by atoms with E-state index < -0.39 is 0 Å². The first-order chi connectivity index (χ1) is 10.1. The van der Waals surface area contributed by atoms with Crippen molar-refractivity contribution >= 4 is 34.1 Å². The molecule has 106 valence electrons. The Labute approximate surface area is 133 Å². The second kappa shape index (κ2) is 5.58. The molecular weight excluding hydrogens is 305 g/mol. The van der Waals surface area contributed by atoms with E-state index in [0.29, 0.717) is 22.6 Å². The Kier molecular flexibility index (Phi) is 3.79. The molecule has 0 atom stereocenters. The van der Waals surface area contributed by atoms with Crippen molar-refractivity contribution in [2.24, 2.45) is 0 Å². The summed E-state index contributed by atoms with van der Waals surface area (Å²) in [4.78, 5) is 13.3. The van der Waals surface area contributed by atoms with Crippen LogP contribution >= 0.6 is 23.2 Å². The summed E-state index contributed by atoms with van der Waals surface area (Å²) in [5.74, 6) is 0.531. The number of pyridine rings is 1. The van der Waals surface area contributed by atoms with Gasteiger partial charge in [-0.1, -0.05) is 48.3 Å². The topological polar surface area (TPSA) is 38.7 Å². The Morgan fingerprint density at radius 3 is 2.33 bits per heavy atom. The summed E-state index contributed by atoms with van der Waals surface area (Å²) in [7, 11) is 0. The Hall–Kier alpha value is -1.71. The number of fused-ring (bicyclic) bond motifs is 1. The van der Waals surface area contributed by atoms with E-state index in [0.717, 1.165) is 27.7 Å². The van der Waals surface area contributed by atoms with E-state index in [1.165, 1.54) is 0 Å². The highest BCUT2D eigenvalue weighted by Gasteiger charge is 2.14. The van der Waals surface area contributed by atoms with Crippen LogP contribution in [0.4, 0.5) is 0 Å². The van der Waals surface area contributed by atoms with Gasteiger partial charge in [0.15, 0.2) is 5.82 Å². The summed E-state index contributed by atoms with van der Waals surface area (Å²) < 4.78 is 0. The summed E-state index contributed by atoms with van der Waals surface area (Å²) in [6.45, 7) is 3.92. The molecule has 3 aromatic rings. The molecule has 0 N–H and O–H groups in total. The van der Waals surface area contributed by atoms with E-state index in [9.17, 15) is 0 Å². The molecule has 2 heterocycles. The number of rotatable bonds is 2. The zero-order chi connectivity index (χ0) is 15.0. The fraction of sp³-hybridized carbons (Fsp3) is 0.188. The largest absolute Gasteiger partial charge is 0.253 e. The highest BCUT2D eigenvalue weighted by molar-refractivity contribution is 6.34. The second-order valence-corrected chi connectivity index (χ2v) is 5.51. The van der Waals surface area contributed by atoms with Gasteiger partial charge in [0.25, 0.3) is 0 Å². The summed E-state index contributed by atoms with van der Waals surface area (Å²) in [5.41, 5.74) is 3.48. The number of halogens is 2. The molecule has 0 aliphatic heterocycles. The first-order valence-corrected chi connectivity index (χ1v) is 7.44. The first-order valence-electron chi connectivity index (χ1n) is 6.68. The maximum absolute atomic E-state index is 6.22. The molecule has 0 aliphatic rings. The molecule has 21 heavy (non-hydrogen) atoms. The van der Waals surface area contributed by atoms with Crippen molar-refractivity contribution in [3.63, 3.8) is 0 Å². The molecule has 0 saturated heterocycles. The molecule has 0 unspecified atom stereocenters. The molecule has 0 fully saturated rings. The van der Waals surface area contributed by atoms with E-state index in [-0.39, 0.29) is 0 Å². The van der Waals surface area contributed by atoms with Crippen molar-refractivity contribution < 1.29 is 0 Å². The zero-order valence-corrected chi connectivity index (χ0v) is 13.2. The van der Waals surface area contributed by atoms with Gasteiger partial charge in [-0.15, -0.1) is 0 Å². The average molecular weight is 318 g/mol. The molecule has 1 aromatic carbocycles. The fourth-order valence-electron chi connectivity index (χ4n) is 2.34. The van der Waals surface area contributed by atoms with Crippen molar-refractivity contribution in [3.8, 4) is 11.4 Å². The number of aryl methyl sites for hydroxylation is 1. The third-order valence-corrected chi connectivity index (χ3v) is 3.97. The van der Waals surface area contributed by atoms with Crippen LogP contribution in [0.2, 0.25) is 10.3 Å². The molecule has 0 saturated carbocycles. The van der Waals surface area contributed by atoms with Gasteiger partial charge in [0, 0.05) is 22.2 Å². The highest BCUT2D eigenvalue weighted by Crippen LogP contribution is 2.30. The molecule has 0 aliphatic carbocycles. The molecule has 0 spiro atoms. The van der Waals surface area contributed by atoms with Gasteiger partial charge in [0.2, 0.25) is 0 Å². The lowest BCUT2D eigenvalue weighted by molar-refractivity contribution is 1.05. The van der Waals surface area contributed by atoms with Crippen molar-refractivity contribution in [1.82, 2.24) is 15.0 Å². The van der Waals surface area contributed by atoms with E-state index in [2.05, 4.69) is 15.0 Å². The SMILES string of the molecule is CCc1c(Cl)nc(-c2cc(C)nc3ccccc23)nc1Cl. The smallest absolute Gasteiger partial charge is 0.163 e. The monoisotopic (exact) mass is 317 g/mol. The predicted octanol–water partition coefficient (Wildman–Crippen LogP) is 4.87. The van der Waals surface area contributed by atoms with E-state index in [4.69, 9.17) is 23.2 Å². The third-order valence-electron chi connectivity index (χ3n) is 3.34. The van der Waals surface area contributed by atoms with Crippen LogP contribution in [0, 0.1) is 6.92 Å². The van der Waals surface area contributed by atoms with Gasteiger partial charge in [-0.25, -0.2) is 9.97 Å². The minimum atomic E-state index is 0.408. The van der Waals surface area contributed by atoms with Crippen LogP contribution in [0.5, 0.6) is 0 Å². The van der Waals surface area contributed by atoms with E-state index >= 15 is 0 Å². The lowest BCUT2D eigenvalue weighted by Crippen LogP contribution is -1.98. The molecule has 3 nitrogen and oxygen atoms in total. The van der Waals surface area contributed by atoms with Gasteiger partial charge in [-0.2, -0.15) is 0 Å². The summed E-state index contributed by atoms with van der Waals surface area (Å²) in [6.07, 6.45) is 0.702. The predicted molar refractivity (Wildman–Crippen MR) is 86.9 cm³/mol. The van der Waals surface area contributed by atoms with Gasteiger partial charge < -0.3 is 0 Å². The molecule has 5 heteroatoms. The number of hydrogen-bond donors (Lipinski definition) is 0. The van der Waals surface area contributed by atoms with Crippen LogP contribution in [0.1, 0.15) is 18.2 Å². The number of benzene rings is 1. The Balaban J connectivity index is 2.30. The maximum Gasteiger partial charge on any atom is 0.163 e. The van der Waals surface area contributed by atoms with Crippen molar-refractivity contribution in [1.29, 1.82) is 0 Å². The van der Waals surface area contributed by atoms with Crippen molar-refractivity contribution in [3.05, 3.63) is 51.9 Å². The summed E-state index contributed by atoms with van der Waals surface area (Å²) in [5, 5.41) is 1.80. The van der Waals surface area contributed by atoms with Crippen LogP contribution in [0.25, 0.3) is 22.3 Å². The summed E-state index contributed by atoms with van der Waals surface area (Å²) >= 11 is 12.4. The zero-order valence-electron chi connectivity index (χ0n) is 11.7. The van der Waals surface area contributed by atoms with Gasteiger partial charge >= 0.3 is 0 Å². The molecular formula is C16H13Cl2N3. The van der Waals surface area contributed by atoms with E-state index in [1.807, 2.05) is 44.2 Å². The Morgan fingerprint density at radius 1 is 1.00 bits per heavy atom. The minimum Gasteiger partial charge on any atom is -0.253 e. The molecule has 0 amide bonds. The number of para-hydroxylation sites is 1. The lowest BCUT2D eigenvalue weighted by atomic mass is 10.1. The number of nitrogens with zero attached hydrogens (tertiary/aromatic N) is 3. The van der Waals surface area contributed by atoms with Gasteiger partial charge in [0.1, 0.15) is 10.3 Å². The van der Waals surface area contributed by atoms with Crippen molar-refractivity contribution in [2.45, 2.75) is 20.3 Å². The Bertz CT molecular complexity index is 808. The molecule has 3 rings (SSSR count). The number of hydrogen-bond acceptors (Lipinski definition) is 3. The fourth-order valence-corrected chi connectivity index (χ4v) is 2.99. The lowest BCUT2D eigenvalue weighted by Gasteiger charge is -2.09. The highest BCUT2D eigenvalue weighted by atomic mass is 35.5. The van der Waals surface area contributed by atoms with Gasteiger partial charge in [-0.05, 0) is 25.5 Å². The standard InChI is InChI=1S/C16H13Cl2N3/c1-3-10-14(17)20-16(21-15(10)18)12-8-9(2)19-13-7-5-4-6-11(12)13/h4-8H,3H2,1-2H3. The second-order valence-electron chi connectivity index (χ2n) is 4.79. The van der Waals surface area contributed by atoms with Crippen LogP contribution in [0.15, 0.2) is 30.3 Å². The van der Waals surface area contributed by atoms with Gasteiger partial charge in [-0.3, -0.25) is 4.98 Å². The van der Waals surface area contributed by atoms with E-state index in [1.54, 1.807) is 0 Å². The molecule has 0 radical (unpaired) electrons. The maximum atomic E-state index is 6.22.